The molecule has 0 aromatic heterocycles. The molecule has 0 bridgehead atoms. The molecule has 0 radical (unpaired) electrons. The van der Waals surface area contributed by atoms with E-state index in [0.29, 0.717) is 10.8 Å². The number of hydrogen-bond donors (Lipinski definition) is 1. The molecule has 0 spiro atoms. The number of rotatable bonds is 6. The highest BCUT2D eigenvalue weighted by Crippen LogP contribution is 2.31. The van der Waals surface area contributed by atoms with Crippen molar-refractivity contribution < 1.29 is 18.1 Å². The number of halogens is 1. The van der Waals surface area contributed by atoms with Crippen LogP contribution in [-0.2, 0) is 10.0 Å². The van der Waals surface area contributed by atoms with E-state index in [9.17, 15) is 18.5 Å². The van der Waals surface area contributed by atoms with E-state index in [1.54, 1.807) is 43.3 Å². The number of sulfonamides is 1. The number of nitro groups is 1. The van der Waals surface area contributed by atoms with Crippen LogP contribution in [0.1, 0.15) is 11.1 Å². The third-order valence-corrected chi connectivity index (χ3v) is 5.82. The quantitative estimate of drug-likeness (QED) is 0.412. The highest BCUT2D eigenvalue weighted by Gasteiger charge is 2.18. The number of nitrogens with zero attached hydrogens (tertiary/aromatic N) is 1. The molecule has 7 nitrogen and oxygen atoms in total. The lowest BCUT2D eigenvalue weighted by atomic mass is 10.1. The molecule has 3 aromatic carbocycles. The molecule has 0 aliphatic carbocycles. The molecule has 0 amide bonds. The third-order valence-electron chi connectivity index (χ3n) is 4.19. The van der Waals surface area contributed by atoms with Crippen LogP contribution in [0.3, 0.4) is 0 Å². The van der Waals surface area contributed by atoms with Crippen molar-refractivity contribution in [3.05, 3.63) is 86.9 Å². The van der Waals surface area contributed by atoms with Gasteiger partial charge in [-0.05, 0) is 61.4 Å². The summed E-state index contributed by atoms with van der Waals surface area (Å²) in [5, 5.41) is 11.8. The Morgan fingerprint density at radius 1 is 0.931 bits per heavy atom. The Kier molecular flexibility index (Phi) is 5.76. The van der Waals surface area contributed by atoms with Crippen molar-refractivity contribution in [2.75, 3.05) is 4.72 Å². The lowest BCUT2D eigenvalue weighted by molar-refractivity contribution is -0.384. The van der Waals surface area contributed by atoms with Crippen molar-refractivity contribution in [1.29, 1.82) is 0 Å². The minimum Gasteiger partial charge on any atom is -0.457 e. The summed E-state index contributed by atoms with van der Waals surface area (Å²) in [6, 6.07) is 14.9. The summed E-state index contributed by atoms with van der Waals surface area (Å²) < 4.78 is 33.4. The number of nitrogens with one attached hydrogen (secondary N) is 1. The zero-order valence-electron chi connectivity index (χ0n) is 15.5. The molecule has 3 rings (SSSR count). The molecule has 1 N–H and O–H groups in total. The van der Waals surface area contributed by atoms with Gasteiger partial charge in [-0.3, -0.25) is 14.8 Å². The van der Waals surface area contributed by atoms with Crippen LogP contribution < -0.4 is 9.46 Å². The highest BCUT2D eigenvalue weighted by molar-refractivity contribution is 7.92. The summed E-state index contributed by atoms with van der Waals surface area (Å²) in [4.78, 5) is 10.7. The first-order valence-electron chi connectivity index (χ1n) is 8.47. The van der Waals surface area contributed by atoms with Crippen molar-refractivity contribution in [1.82, 2.24) is 0 Å². The van der Waals surface area contributed by atoms with Crippen LogP contribution in [0, 0.1) is 24.0 Å². The topological polar surface area (TPSA) is 98.5 Å². The SMILES string of the molecule is Cc1ccc(S(=O)(=O)Nc2cc(Oc3ccc(Cl)cc3)cc([N+](=O)[O-])c2)cc1C. The first kappa shape index (κ1) is 20.6. The Morgan fingerprint density at radius 3 is 2.24 bits per heavy atom. The summed E-state index contributed by atoms with van der Waals surface area (Å²) in [7, 11) is -3.94. The van der Waals surface area contributed by atoms with Gasteiger partial charge < -0.3 is 4.74 Å². The van der Waals surface area contributed by atoms with Crippen LogP contribution in [0.15, 0.2) is 65.6 Å². The van der Waals surface area contributed by atoms with Gasteiger partial charge >= 0.3 is 0 Å². The van der Waals surface area contributed by atoms with Gasteiger partial charge in [0.15, 0.2) is 0 Å². The van der Waals surface area contributed by atoms with Crippen LogP contribution in [0.25, 0.3) is 0 Å². The van der Waals surface area contributed by atoms with Crippen LogP contribution >= 0.6 is 11.6 Å². The number of hydrogen-bond acceptors (Lipinski definition) is 5. The molecule has 0 aliphatic rings. The molecular formula is C20H17ClN2O5S. The number of nitro benzene ring substituents is 1. The first-order valence-corrected chi connectivity index (χ1v) is 10.3. The van der Waals surface area contributed by atoms with E-state index in [1.807, 2.05) is 6.92 Å². The number of aryl methyl sites for hydroxylation is 2. The van der Waals surface area contributed by atoms with Gasteiger partial charge in [0, 0.05) is 17.2 Å². The Hall–Kier alpha value is -3.10. The molecule has 0 saturated heterocycles. The second kappa shape index (κ2) is 8.10. The average molecular weight is 433 g/mol. The van der Waals surface area contributed by atoms with Gasteiger partial charge in [0.05, 0.1) is 21.6 Å². The van der Waals surface area contributed by atoms with Crippen molar-refractivity contribution in [3.8, 4) is 11.5 Å². The van der Waals surface area contributed by atoms with Crippen LogP contribution in [0.5, 0.6) is 11.5 Å². The Balaban J connectivity index is 1.95. The Bertz CT molecular complexity index is 1180. The summed E-state index contributed by atoms with van der Waals surface area (Å²) in [6.07, 6.45) is 0. The zero-order chi connectivity index (χ0) is 21.2. The Labute approximate surface area is 173 Å². The van der Waals surface area contributed by atoms with E-state index in [-0.39, 0.29) is 22.0 Å². The fraction of sp³-hybridized carbons (Fsp3) is 0.100. The lowest BCUT2D eigenvalue weighted by Gasteiger charge is -2.12. The van der Waals surface area contributed by atoms with Gasteiger partial charge in [0.1, 0.15) is 11.5 Å². The molecule has 3 aromatic rings. The molecule has 0 unspecified atom stereocenters. The zero-order valence-corrected chi connectivity index (χ0v) is 17.1. The first-order chi connectivity index (χ1) is 13.6. The maximum absolute atomic E-state index is 12.7. The van der Waals surface area contributed by atoms with Crippen molar-refractivity contribution in [2.24, 2.45) is 0 Å². The predicted molar refractivity (Wildman–Crippen MR) is 111 cm³/mol. The largest absolute Gasteiger partial charge is 0.457 e. The maximum Gasteiger partial charge on any atom is 0.275 e. The second-order valence-corrected chi connectivity index (χ2v) is 8.50. The molecule has 0 saturated carbocycles. The lowest BCUT2D eigenvalue weighted by Crippen LogP contribution is -2.13. The van der Waals surface area contributed by atoms with E-state index in [4.69, 9.17) is 16.3 Å². The number of ether oxygens (including phenoxy) is 1. The Morgan fingerprint density at radius 2 is 1.62 bits per heavy atom. The maximum atomic E-state index is 12.7. The van der Waals surface area contributed by atoms with Gasteiger partial charge in [-0.15, -0.1) is 0 Å². The van der Waals surface area contributed by atoms with E-state index in [2.05, 4.69) is 4.72 Å². The standard InChI is InChI=1S/C20H17ClN2O5S/c1-13-3-8-20(9-14(13)2)29(26,27)22-16-10-17(23(24)25)12-19(11-16)28-18-6-4-15(21)5-7-18/h3-12,22H,1-2H3. The minimum absolute atomic E-state index is 0.0152. The van der Waals surface area contributed by atoms with Gasteiger partial charge in [-0.2, -0.15) is 0 Å². The fourth-order valence-corrected chi connectivity index (χ4v) is 3.79. The molecule has 0 atom stereocenters. The number of non-ortho nitro benzene ring substituents is 1. The van der Waals surface area contributed by atoms with Crippen LogP contribution in [-0.4, -0.2) is 13.3 Å². The van der Waals surface area contributed by atoms with E-state index in [1.165, 1.54) is 18.2 Å². The molecule has 0 aliphatic heterocycles. The van der Waals surface area contributed by atoms with E-state index >= 15 is 0 Å². The van der Waals surface area contributed by atoms with Crippen molar-refractivity contribution >= 4 is 33.0 Å². The number of benzene rings is 3. The molecule has 150 valence electrons. The van der Waals surface area contributed by atoms with E-state index < -0.39 is 14.9 Å². The summed E-state index contributed by atoms with van der Waals surface area (Å²) in [5.74, 6) is 0.511. The van der Waals surface area contributed by atoms with Crippen LogP contribution in [0.4, 0.5) is 11.4 Å². The smallest absolute Gasteiger partial charge is 0.275 e. The normalized spacial score (nSPS) is 11.1. The van der Waals surface area contributed by atoms with Gasteiger partial charge in [0.2, 0.25) is 0 Å². The summed E-state index contributed by atoms with van der Waals surface area (Å²) >= 11 is 5.84. The molecule has 29 heavy (non-hydrogen) atoms. The van der Waals surface area contributed by atoms with Gasteiger partial charge in [-0.25, -0.2) is 8.42 Å². The monoisotopic (exact) mass is 432 g/mol. The third kappa shape index (κ3) is 5.04. The van der Waals surface area contributed by atoms with Crippen molar-refractivity contribution in [2.45, 2.75) is 18.7 Å². The van der Waals surface area contributed by atoms with Gasteiger partial charge in [0.25, 0.3) is 15.7 Å². The molecule has 0 fully saturated rings. The molecular weight excluding hydrogens is 416 g/mol. The minimum atomic E-state index is -3.94. The number of anilines is 1. The van der Waals surface area contributed by atoms with Crippen LogP contribution in [0.2, 0.25) is 5.02 Å². The molecule has 9 heteroatoms. The fourth-order valence-electron chi connectivity index (χ4n) is 2.54. The van der Waals surface area contributed by atoms with E-state index in [0.717, 1.165) is 17.2 Å². The van der Waals surface area contributed by atoms with Gasteiger partial charge in [-0.1, -0.05) is 17.7 Å². The second-order valence-electron chi connectivity index (χ2n) is 6.38. The van der Waals surface area contributed by atoms with Crippen molar-refractivity contribution in [3.63, 3.8) is 0 Å². The highest BCUT2D eigenvalue weighted by atomic mass is 35.5. The summed E-state index contributed by atoms with van der Waals surface area (Å²) in [6.45, 7) is 3.68. The summed E-state index contributed by atoms with van der Waals surface area (Å²) in [5.41, 5.74) is 1.48. The average Bonchev–Trinajstić information content (AvgIpc) is 2.65. The molecule has 0 heterocycles. The predicted octanol–water partition coefficient (Wildman–Crippen LogP) is 5.46.